The van der Waals surface area contributed by atoms with Crippen LogP contribution in [0.5, 0.6) is 5.75 Å². The molecule has 0 aromatic heterocycles. The molecule has 20 heavy (non-hydrogen) atoms. The number of rotatable bonds is 4. The molecule has 0 spiro atoms. The Morgan fingerprint density at radius 1 is 1.40 bits per heavy atom. The first-order valence-corrected chi connectivity index (χ1v) is 8.30. The summed E-state index contributed by atoms with van der Waals surface area (Å²) in [5.74, 6) is 1.03. The molecule has 1 saturated carbocycles. The lowest BCUT2D eigenvalue weighted by Crippen LogP contribution is -2.37. The van der Waals surface area contributed by atoms with E-state index in [4.69, 9.17) is 4.74 Å². The Balaban J connectivity index is 1.95. The number of nitrogens with zero attached hydrogens (tertiary/aromatic N) is 1. The molecular weight excluding hydrogens is 278 g/mol. The Morgan fingerprint density at radius 3 is 2.75 bits per heavy atom. The van der Waals surface area contributed by atoms with Crippen LogP contribution in [0.2, 0.25) is 0 Å². The van der Waals surface area contributed by atoms with Gasteiger partial charge in [-0.3, -0.25) is 0 Å². The molecule has 3 rings (SSSR count). The third kappa shape index (κ3) is 2.12. The first-order chi connectivity index (χ1) is 9.56. The highest BCUT2D eigenvalue weighted by atomic mass is 32.2. The van der Waals surface area contributed by atoms with Crippen LogP contribution in [0, 0.1) is 5.92 Å². The van der Waals surface area contributed by atoms with Gasteiger partial charge in [-0.15, -0.1) is 0 Å². The topological polar surface area (TPSA) is 66.8 Å². The summed E-state index contributed by atoms with van der Waals surface area (Å²) >= 11 is 0. The van der Waals surface area contributed by atoms with Crippen LogP contribution in [0.3, 0.4) is 0 Å². The number of hydrogen-bond donors (Lipinski definition) is 1. The van der Waals surface area contributed by atoms with Crippen LogP contribution in [0.25, 0.3) is 0 Å². The van der Waals surface area contributed by atoms with E-state index < -0.39 is 10.0 Å². The van der Waals surface area contributed by atoms with Crippen molar-refractivity contribution < 1.29 is 18.3 Å². The van der Waals surface area contributed by atoms with E-state index in [0.29, 0.717) is 23.8 Å². The fourth-order valence-corrected chi connectivity index (χ4v) is 5.14. The fourth-order valence-electron chi connectivity index (χ4n) is 3.35. The molecule has 2 atom stereocenters. The molecule has 0 amide bonds. The average Bonchev–Trinajstić information content (AvgIpc) is 3.09. The Bertz CT molecular complexity index is 614. The summed E-state index contributed by atoms with van der Waals surface area (Å²) in [6.07, 6.45) is 3.09. The molecule has 1 aliphatic heterocycles. The zero-order valence-corrected chi connectivity index (χ0v) is 12.3. The van der Waals surface area contributed by atoms with Crippen molar-refractivity contribution >= 4 is 10.0 Å². The van der Waals surface area contributed by atoms with Gasteiger partial charge < -0.3 is 9.84 Å². The van der Waals surface area contributed by atoms with Gasteiger partial charge in [0.05, 0.1) is 18.6 Å². The molecule has 1 saturated heterocycles. The van der Waals surface area contributed by atoms with E-state index in [1.165, 1.54) is 13.2 Å². The third-order valence-corrected chi connectivity index (χ3v) is 6.30. The summed E-state index contributed by atoms with van der Waals surface area (Å²) < 4.78 is 32.1. The number of hydrogen-bond acceptors (Lipinski definition) is 4. The van der Waals surface area contributed by atoms with Gasteiger partial charge in [0.25, 0.3) is 0 Å². The van der Waals surface area contributed by atoms with Gasteiger partial charge in [0, 0.05) is 18.2 Å². The smallest absolute Gasteiger partial charge is 0.243 e. The predicted octanol–water partition coefficient (Wildman–Crippen LogP) is 1.36. The largest absolute Gasteiger partial charge is 0.496 e. The van der Waals surface area contributed by atoms with Crippen molar-refractivity contribution in [3.8, 4) is 5.75 Å². The van der Waals surface area contributed by atoms with Gasteiger partial charge in [-0.25, -0.2) is 8.42 Å². The maximum absolute atomic E-state index is 12.7. The lowest BCUT2D eigenvalue weighted by molar-refractivity contribution is 0.273. The number of aliphatic hydroxyl groups excluding tert-OH is 1. The molecule has 110 valence electrons. The van der Waals surface area contributed by atoms with Gasteiger partial charge in [-0.05, 0) is 43.4 Å². The minimum atomic E-state index is -3.46. The molecule has 5 nitrogen and oxygen atoms in total. The summed E-state index contributed by atoms with van der Waals surface area (Å²) in [5.41, 5.74) is 0.498. The molecule has 0 radical (unpaired) electrons. The van der Waals surface area contributed by atoms with Crippen molar-refractivity contribution in [3.05, 3.63) is 23.8 Å². The highest BCUT2D eigenvalue weighted by molar-refractivity contribution is 7.89. The van der Waals surface area contributed by atoms with Gasteiger partial charge >= 0.3 is 0 Å². The highest BCUT2D eigenvalue weighted by Crippen LogP contribution is 2.40. The van der Waals surface area contributed by atoms with Crippen LogP contribution in [0.1, 0.15) is 24.8 Å². The molecule has 1 aromatic carbocycles. The summed E-state index contributed by atoms with van der Waals surface area (Å²) in [5, 5.41) is 9.32. The lowest BCUT2D eigenvalue weighted by Gasteiger charge is -2.26. The molecule has 1 aromatic rings. The second-order valence-corrected chi connectivity index (χ2v) is 7.43. The molecule has 2 bridgehead atoms. The molecule has 1 heterocycles. The van der Waals surface area contributed by atoms with Crippen LogP contribution in [-0.4, -0.2) is 37.5 Å². The number of benzene rings is 1. The number of ether oxygens (including phenoxy) is 1. The van der Waals surface area contributed by atoms with Gasteiger partial charge in [0.2, 0.25) is 10.0 Å². The SMILES string of the molecule is COc1ccc(S(=O)(=O)N2CC3CCC2C3)cc1CO. The Hall–Kier alpha value is -1.11. The van der Waals surface area contributed by atoms with Crippen molar-refractivity contribution in [3.63, 3.8) is 0 Å². The zero-order valence-electron chi connectivity index (χ0n) is 11.4. The van der Waals surface area contributed by atoms with E-state index in [1.54, 1.807) is 16.4 Å². The molecule has 2 fully saturated rings. The van der Waals surface area contributed by atoms with Crippen molar-refractivity contribution in [1.82, 2.24) is 4.31 Å². The first kappa shape index (κ1) is 13.9. The van der Waals surface area contributed by atoms with E-state index in [0.717, 1.165) is 19.3 Å². The maximum Gasteiger partial charge on any atom is 0.243 e. The maximum atomic E-state index is 12.7. The Kier molecular flexibility index (Phi) is 3.48. The monoisotopic (exact) mass is 297 g/mol. The number of methoxy groups -OCH3 is 1. The third-order valence-electron chi connectivity index (χ3n) is 4.39. The number of fused-ring (bicyclic) bond motifs is 2. The molecule has 2 unspecified atom stereocenters. The minimum absolute atomic E-state index is 0.157. The second-order valence-electron chi connectivity index (χ2n) is 5.54. The van der Waals surface area contributed by atoms with Gasteiger partial charge in [-0.1, -0.05) is 0 Å². The van der Waals surface area contributed by atoms with E-state index in [2.05, 4.69) is 0 Å². The van der Waals surface area contributed by atoms with Crippen LogP contribution in [-0.2, 0) is 16.6 Å². The zero-order chi connectivity index (χ0) is 14.3. The van der Waals surface area contributed by atoms with Crippen LogP contribution < -0.4 is 4.74 Å². The van der Waals surface area contributed by atoms with Crippen molar-refractivity contribution in [1.29, 1.82) is 0 Å². The molecular formula is C14H19NO4S. The normalized spacial score (nSPS) is 26.1. The Labute approximate surface area is 119 Å². The van der Waals surface area contributed by atoms with E-state index in [9.17, 15) is 13.5 Å². The van der Waals surface area contributed by atoms with Crippen molar-refractivity contribution in [2.24, 2.45) is 5.92 Å². The first-order valence-electron chi connectivity index (χ1n) is 6.86. The van der Waals surface area contributed by atoms with Gasteiger partial charge in [0.1, 0.15) is 5.75 Å². The quantitative estimate of drug-likeness (QED) is 0.911. The minimum Gasteiger partial charge on any atom is -0.496 e. The van der Waals surface area contributed by atoms with Gasteiger partial charge in [0.15, 0.2) is 0 Å². The average molecular weight is 297 g/mol. The van der Waals surface area contributed by atoms with Gasteiger partial charge in [-0.2, -0.15) is 4.31 Å². The van der Waals surface area contributed by atoms with E-state index in [1.807, 2.05) is 0 Å². The van der Waals surface area contributed by atoms with E-state index in [-0.39, 0.29) is 17.5 Å². The number of sulfonamides is 1. The molecule has 6 heteroatoms. The predicted molar refractivity (Wildman–Crippen MR) is 73.9 cm³/mol. The van der Waals surface area contributed by atoms with Crippen LogP contribution >= 0.6 is 0 Å². The Morgan fingerprint density at radius 2 is 2.20 bits per heavy atom. The number of piperidine rings is 1. The second kappa shape index (κ2) is 5.02. The van der Waals surface area contributed by atoms with E-state index >= 15 is 0 Å². The van der Waals surface area contributed by atoms with Crippen LogP contribution in [0.4, 0.5) is 0 Å². The van der Waals surface area contributed by atoms with Crippen molar-refractivity contribution in [2.45, 2.75) is 36.8 Å². The highest BCUT2D eigenvalue weighted by Gasteiger charge is 2.44. The summed E-state index contributed by atoms with van der Waals surface area (Å²) in [6.45, 7) is 0.395. The van der Waals surface area contributed by atoms with Crippen molar-refractivity contribution in [2.75, 3.05) is 13.7 Å². The summed E-state index contributed by atoms with van der Waals surface area (Å²) in [7, 11) is -1.96. The number of aliphatic hydroxyl groups is 1. The summed E-state index contributed by atoms with van der Waals surface area (Å²) in [6, 6.07) is 4.83. The standard InChI is InChI=1S/C14H19NO4S/c1-19-14-5-4-13(7-11(14)9-16)20(17,18)15-8-10-2-3-12(15)6-10/h4-5,7,10,12,16H,2-3,6,8-9H2,1H3. The molecule has 1 aliphatic carbocycles. The molecule has 2 aliphatic rings. The fraction of sp³-hybridized carbons (Fsp3) is 0.571. The molecule has 1 N–H and O–H groups in total. The van der Waals surface area contributed by atoms with Crippen LogP contribution in [0.15, 0.2) is 23.1 Å². The lowest BCUT2D eigenvalue weighted by atomic mass is 10.1. The summed E-state index contributed by atoms with van der Waals surface area (Å²) in [4.78, 5) is 0.245.